The number of nitrogens with zero attached hydrogens (tertiary/aromatic N) is 1. The quantitative estimate of drug-likeness (QED) is 0.788. The molecule has 1 atom stereocenters. The van der Waals surface area contributed by atoms with Crippen LogP contribution in [0.1, 0.15) is 6.42 Å². The van der Waals surface area contributed by atoms with Gasteiger partial charge in [-0.05, 0) is 12.1 Å². The molecule has 0 spiro atoms. The summed E-state index contributed by atoms with van der Waals surface area (Å²) in [4.78, 5) is 23.2. The van der Waals surface area contributed by atoms with E-state index in [1.54, 1.807) is 24.3 Å². The zero-order valence-corrected chi connectivity index (χ0v) is 10.2. The molecular weight excluding hydrogens is 238 g/mol. The maximum atomic E-state index is 11.1. The van der Waals surface area contributed by atoms with Crippen LogP contribution in [0.15, 0.2) is 24.3 Å². The summed E-state index contributed by atoms with van der Waals surface area (Å²) < 4.78 is 5.12. The number of hydrogen-bond donors (Lipinski definition) is 2. The smallest absolute Gasteiger partial charge is 0.326 e. The highest BCUT2D eigenvalue weighted by Gasteiger charge is 2.27. The third kappa shape index (κ3) is 3.13. The van der Waals surface area contributed by atoms with Crippen LogP contribution in [0.2, 0.25) is 0 Å². The van der Waals surface area contributed by atoms with Crippen LogP contribution < -0.4 is 9.64 Å². The molecule has 0 aliphatic heterocycles. The molecule has 1 aromatic carbocycles. The van der Waals surface area contributed by atoms with Crippen LogP contribution in [0.5, 0.6) is 5.75 Å². The average molecular weight is 253 g/mol. The van der Waals surface area contributed by atoms with Gasteiger partial charge in [0.2, 0.25) is 0 Å². The third-order valence-electron chi connectivity index (χ3n) is 2.59. The van der Waals surface area contributed by atoms with E-state index in [0.29, 0.717) is 11.4 Å². The van der Waals surface area contributed by atoms with Gasteiger partial charge in [0.25, 0.3) is 0 Å². The van der Waals surface area contributed by atoms with E-state index in [1.165, 1.54) is 19.1 Å². The second-order valence-corrected chi connectivity index (χ2v) is 3.73. The molecule has 0 fully saturated rings. The first kappa shape index (κ1) is 13.8. The third-order valence-corrected chi connectivity index (χ3v) is 2.59. The molecule has 0 saturated heterocycles. The minimum absolute atomic E-state index is 0.482. The van der Waals surface area contributed by atoms with E-state index >= 15 is 0 Å². The largest absolute Gasteiger partial charge is 0.495 e. The van der Waals surface area contributed by atoms with Gasteiger partial charge in [-0.25, -0.2) is 4.79 Å². The van der Waals surface area contributed by atoms with Crippen LogP contribution >= 0.6 is 0 Å². The average Bonchev–Trinajstić information content (AvgIpc) is 2.34. The Labute approximate surface area is 104 Å². The molecule has 0 amide bonds. The number of carboxylic acids is 2. The first-order valence-corrected chi connectivity index (χ1v) is 5.27. The van der Waals surface area contributed by atoms with Crippen molar-refractivity contribution in [2.45, 2.75) is 12.5 Å². The van der Waals surface area contributed by atoms with E-state index in [4.69, 9.17) is 14.9 Å². The van der Waals surface area contributed by atoms with E-state index in [2.05, 4.69) is 0 Å². The van der Waals surface area contributed by atoms with Crippen molar-refractivity contribution in [2.75, 3.05) is 19.1 Å². The van der Waals surface area contributed by atoms with Crippen molar-refractivity contribution in [2.24, 2.45) is 0 Å². The number of carbonyl (C=O) groups is 2. The number of ether oxygens (including phenoxy) is 1. The molecule has 98 valence electrons. The molecule has 0 saturated carbocycles. The number of hydrogen-bond acceptors (Lipinski definition) is 4. The van der Waals surface area contributed by atoms with Gasteiger partial charge in [0, 0.05) is 7.05 Å². The van der Waals surface area contributed by atoms with Gasteiger partial charge in [0.05, 0.1) is 19.2 Å². The fourth-order valence-electron chi connectivity index (χ4n) is 1.64. The Bertz CT molecular complexity index is 446. The maximum Gasteiger partial charge on any atom is 0.326 e. The minimum Gasteiger partial charge on any atom is -0.495 e. The number of carboxylic acid groups (broad SMARTS) is 2. The van der Waals surface area contributed by atoms with Gasteiger partial charge in [0.1, 0.15) is 11.8 Å². The summed E-state index contributed by atoms with van der Waals surface area (Å²) in [6.45, 7) is 0. The molecule has 18 heavy (non-hydrogen) atoms. The highest BCUT2D eigenvalue weighted by molar-refractivity contribution is 5.84. The molecule has 6 heteroatoms. The van der Waals surface area contributed by atoms with Crippen LogP contribution in [0.25, 0.3) is 0 Å². The summed E-state index contributed by atoms with van der Waals surface area (Å²) in [7, 11) is 3.00. The monoisotopic (exact) mass is 253 g/mol. The second kappa shape index (κ2) is 5.90. The van der Waals surface area contributed by atoms with Gasteiger partial charge in [-0.2, -0.15) is 0 Å². The summed E-state index contributed by atoms with van der Waals surface area (Å²) in [5, 5.41) is 17.8. The Morgan fingerprint density at radius 1 is 1.33 bits per heavy atom. The predicted octanol–water partition coefficient (Wildman–Crippen LogP) is 1.06. The van der Waals surface area contributed by atoms with E-state index in [9.17, 15) is 9.59 Å². The zero-order chi connectivity index (χ0) is 13.7. The molecule has 0 aromatic heterocycles. The molecule has 1 aromatic rings. The second-order valence-electron chi connectivity index (χ2n) is 3.73. The summed E-state index contributed by atoms with van der Waals surface area (Å²) >= 11 is 0. The number of methoxy groups -OCH3 is 1. The summed E-state index contributed by atoms with van der Waals surface area (Å²) in [5.41, 5.74) is 0.536. The van der Waals surface area contributed by atoms with E-state index in [-0.39, 0.29) is 0 Å². The van der Waals surface area contributed by atoms with Crippen molar-refractivity contribution >= 4 is 17.6 Å². The lowest BCUT2D eigenvalue weighted by Crippen LogP contribution is -2.40. The zero-order valence-electron chi connectivity index (χ0n) is 10.2. The lowest BCUT2D eigenvalue weighted by Gasteiger charge is -2.27. The number of likely N-dealkylation sites (N-methyl/N-ethyl adjacent to an activating group) is 1. The van der Waals surface area contributed by atoms with Gasteiger partial charge in [-0.15, -0.1) is 0 Å². The Balaban J connectivity index is 3.05. The number of para-hydroxylation sites is 2. The van der Waals surface area contributed by atoms with Crippen LogP contribution in [0.4, 0.5) is 5.69 Å². The van der Waals surface area contributed by atoms with Crippen LogP contribution in [-0.2, 0) is 9.59 Å². The Morgan fingerprint density at radius 2 is 1.94 bits per heavy atom. The molecule has 1 unspecified atom stereocenters. The number of benzene rings is 1. The SMILES string of the molecule is COc1ccccc1N(C)C(CC(=O)O)C(=O)O. The van der Waals surface area contributed by atoms with E-state index < -0.39 is 24.4 Å². The van der Waals surface area contributed by atoms with Crippen molar-refractivity contribution in [1.82, 2.24) is 0 Å². The van der Waals surface area contributed by atoms with Crippen LogP contribution in [0.3, 0.4) is 0 Å². The van der Waals surface area contributed by atoms with E-state index in [1.807, 2.05) is 0 Å². The van der Waals surface area contributed by atoms with Crippen LogP contribution in [0, 0.1) is 0 Å². The molecule has 0 aliphatic carbocycles. The van der Waals surface area contributed by atoms with Crippen molar-refractivity contribution in [3.8, 4) is 5.75 Å². The van der Waals surface area contributed by atoms with Crippen molar-refractivity contribution in [3.05, 3.63) is 24.3 Å². The number of aliphatic carboxylic acids is 2. The molecule has 0 bridgehead atoms. The van der Waals surface area contributed by atoms with Gasteiger partial charge in [-0.3, -0.25) is 4.79 Å². The number of rotatable bonds is 6. The van der Waals surface area contributed by atoms with Gasteiger partial charge in [-0.1, -0.05) is 12.1 Å². The molecule has 0 heterocycles. The Morgan fingerprint density at radius 3 is 2.44 bits per heavy atom. The van der Waals surface area contributed by atoms with Crippen LogP contribution in [-0.4, -0.2) is 42.4 Å². The summed E-state index contributed by atoms with van der Waals surface area (Å²) in [6.07, 6.45) is -0.482. The summed E-state index contributed by atoms with van der Waals surface area (Å²) in [6, 6.07) is 5.71. The fourth-order valence-corrected chi connectivity index (χ4v) is 1.64. The first-order chi connectivity index (χ1) is 8.47. The van der Waals surface area contributed by atoms with Gasteiger partial charge < -0.3 is 19.8 Å². The topological polar surface area (TPSA) is 87.1 Å². The molecule has 0 aliphatic rings. The lowest BCUT2D eigenvalue weighted by atomic mass is 10.1. The number of anilines is 1. The first-order valence-electron chi connectivity index (χ1n) is 5.27. The normalized spacial score (nSPS) is 11.7. The molecule has 0 radical (unpaired) electrons. The van der Waals surface area contributed by atoms with Gasteiger partial charge in [0.15, 0.2) is 0 Å². The van der Waals surface area contributed by atoms with Crippen molar-refractivity contribution in [1.29, 1.82) is 0 Å². The molecule has 2 N–H and O–H groups in total. The Hall–Kier alpha value is -2.24. The minimum atomic E-state index is -1.19. The van der Waals surface area contributed by atoms with Crippen molar-refractivity contribution < 1.29 is 24.5 Å². The Kier molecular flexibility index (Phi) is 4.53. The fraction of sp³-hybridized carbons (Fsp3) is 0.333. The predicted molar refractivity (Wildman–Crippen MR) is 65.1 cm³/mol. The maximum absolute atomic E-state index is 11.1. The standard InChI is InChI=1S/C12H15NO5/c1-13(9(12(16)17)7-11(14)15)8-5-3-4-6-10(8)18-2/h3-6,9H,7H2,1-2H3,(H,14,15)(H,16,17). The lowest BCUT2D eigenvalue weighted by molar-refractivity contribution is -0.145. The molecule has 1 rings (SSSR count). The van der Waals surface area contributed by atoms with E-state index in [0.717, 1.165) is 0 Å². The van der Waals surface area contributed by atoms with Crippen molar-refractivity contribution in [3.63, 3.8) is 0 Å². The summed E-state index contributed by atoms with van der Waals surface area (Å²) in [5.74, 6) is -1.86. The molecular formula is C12H15NO5. The highest BCUT2D eigenvalue weighted by Crippen LogP contribution is 2.28. The molecule has 6 nitrogen and oxygen atoms in total. The highest BCUT2D eigenvalue weighted by atomic mass is 16.5. The van der Waals surface area contributed by atoms with Gasteiger partial charge >= 0.3 is 11.9 Å².